The van der Waals surface area contributed by atoms with Crippen molar-refractivity contribution in [1.29, 1.82) is 0 Å². The van der Waals surface area contributed by atoms with Gasteiger partial charge in [-0.15, -0.1) is 0 Å². The van der Waals surface area contributed by atoms with Crippen molar-refractivity contribution in [2.24, 2.45) is 0 Å². The van der Waals surface area contributed by atoms with Crippen LogP contribution < -0.4 is 4.74 Å². The van der Waals surface area contributed by atoms with E-state index in [-0.39, 0.29) is 0 Å². The molecule has 11 heavy (non-hydrogen) atoms. The van der Waals surface area contributed by atoms with Gasteiger partial charge in [0.15, 0.2) is 0 Å². The molecule has 0 N–H and O–H groups in total. The molecule has 0 aliphatic heterocycles. The van der Waals surface area contributed by atoms with Crippen LogP contribution in [0, 0.1) is 0 Å². The molecule has 0 fully saturated rings. The first kappa shape index (κ1) is 10.0. The van der Waals surface area contributed by atoms with Crippen LogP contribution in [0.15, 0.2) is 42.4 Å². The molecule has 60 valence electrons. The van der Waals surface area contributed by atoms with Crippen LogP contribution in [-0.2, 0) is 0 Å². The van der Waals surface area contributed by atoms with Gasteiger partial charge in [-0.1, -0.05) is 36.4 Å². The van der Waals surface area contributed by atoms with Gasteiger partial charge >= 0.3 is 0 Å². The third-order valence-corrected chi connectivity index (χ3v) is 0.979. The topological polar surface area (TPSA) is 9.23 Å². The van der Waals surface area contributed by atoms with E-state index >= 15 is 0 Å². The number of para-hydroxylation sites is 1. The molecule has 0 bridgehead atoms. The summed E-state index contributed by atoms with van der Waals surface area (Å²) in [6, 6.07) is 9.68. The molecule has 1 aromatic rings. The number of methoxy groups -OCH3 is 1. The molecule has 0 spiro atoms. The quantitative estimate of drug-likeness (QED) is 0.630. The molecule has 0 unspecified atom stereocenters. The standard InChI is InChI=1S/C7H8O.C2H3Cl/c1-8-7-5-3-2-4-6-7;1-2-3/h2-6H,1H3;2H,1H2. The summed E-state index contributed by atoms with van der Waals surface area (Å²) < 4.78 is 4.91. The van der Waals surface area contributed by atoms with Gasteiger partial charge in [-0.25, -0.2) is 0 Å². The van der Waals surface area contributed by atoms with Crippen LogP contribution in [-0.4, -0.2) is 7.11 Å². The van der Waals surface area contributed by atoms with E-state index in [1.807, 2.05) is 30.3 Å². The Kier molecular flexibility index (Phi) is 6.54. The van der Waals surface area contributed by atoms with Gasteiger partial charge in [0.2, 0.25) is 0 Å². The molecule has 0 aliphatic carbocycles. The van der Waals surface area contributed by atoms with Crippen LogP contribution in [0.3, 0.4) is 0 Å². The fourth-order valence-electron chi connectivity index (χ4n) is 0.557. The summed E-state index contributed by atoms with van der Waals surface area (Å²) >= 11 is 4.76. The third kappa shape index (κ3) is 5.49. The van der Waals surface area contributed by atoms with E-state index in [2.05, 4.69) is 6.58 Å². The molecule has 0 radical (unpaired) electrons. The monoisotopic (exact) mass is 170 g/mol. The first-order valence-corrected chi connectivity index (χ1v) is 3.59. The van der Waals surface area contributed by atoms with Crippen LogP contribution >= 0.6 is 11.6 Å². The van der Waals surface area contributed by atoms with Gasteiger partial charge in [0.1, 0.15) is 5.75 Å². The lowest BCUT2D eigenvalue weighted by molar-refractivity contribution is 0.415. The van der Waals surface area contributed by atoms with Gasteiger partial charge in [0.05, 0.1) is 7.11 Å². The third-order valence-electron chi connectivity index (χ3n) is 0.979. The summed E-state index contributed by atoms with van der Waals surface area (Å²) in [6.07, 6.45) is 0. The Morgan fingerprint density at radius 1 is 1.36 bits per heavy atom. The number of rotatable bonds is 1. The van der Waals surface area contributed by atoms with Gasteiger partial charge in [-0.2, -0.15) is 0 Å². The van der Waals surface area contributed by atoms with Crippen molar-refractivity contribution in [3.05, 3.63) is 42.4 Å². The Morgan fingerprint density at radius 2 is 1.82 bits per heavy atom. The number of hydrogen-bond donors (Lipinski definition) is 0. The lowest BCUT2D eigenvalue weighted by atomic mass is 10.3. The minimum absolute atomic E-state index is 0.910. The average molecular weight is 171 g/mol. The smallest absolute Gasteiger partial charge is 0.118 e. The van der Waals surface area contributed by atoms with Crippen LogP contribution in [0.2, 0.25) is 0 Å². The van der Waals surface area contributed by atoms with Crippen molar-refractivity contribution in [3.8, 4) is 5.75 Å². The molecular weight excluding hydrogens is 160 g/mol. The van der Waals surface area contributed by atoms with E-state index in [0.717, 1.165) is 5.75 Å². The predicted molar refractivity (Wildman–Crippen MR) is 49.0 cm³/mol. The van der Waals surface area contributed by atoms with Crippen molar-refractivity contribution >= 4 is 11.6 Å². The van der Waals surface area contributed by atoms with E-state index in [1.54, 1.807) is 7.11 Å². The second-order valence-corrected chi connectivity index (χ2v) is 1.98. The molecule has 0 atom stereocenters. The highest BCUT2D eigenvalue weighted by Crippen LogP contribution is 2.05. The Balaban J connectivity index is 0.000000292. The minimum atomic E-state index is 0.910. The molecule has 1 nitrogen and oxygen atoms in total. The maximum absolute atomic E-state index is 4.91. The molecule has 1 rings (SSSR count). The van der Waals surface area contributed by atoms with Crippen molar-refractivity contribution < 1.29 is 4.74 Å². The summed E-state index contributed by atoms with van der Waals surface area (Å²) in [7, 11) is 1.66. The molecule has 1 aromatic carbocycles. The zero-order valence-corrected chi connectivity index (χ0v) is 7.21. The van der Waals surface area contributed by atoms with Crippen molar-refractivity contribution in [1.82, 2.24) is 0 Å². The van der Waals surface area contributed by atoms with Gasteiger partial charge < -0.3 is 4.74 Å². The zero-order chi connectivity index (χ0) is 8.53. The molecule has 2 heteroatoms. The lowest BCUT2D eigenvalue weighted by Crippen LogP contribution is -1.78. The average Bonchev–Trinajstić information content (AvgIpc) is 2.08. The normalized spacial score (nSPS) is 7.45. The molecule has 0 heterocycles. The highest BCUT2D eigenvalue weighted by Gasteiger charge is 1.80. The summed E-state index contributed by atoms with van der Waals surface area (Å²) in [5, 5.41) is 0. The van der Waals surface area contributed by atoms with Gasteiger partial charge in [-0.3, -0.25) is 0 Å². The first-order chi connectivity index (χ1) is 5.35. The molecule has 0 aliphatic rings. The van der Waals surface area contributed by atoms with Gasteiger partial charge in [0.25, 0.3) is 0 Å². The van der Waals surface area contributed by atoms with Crippen LogP contribution in [0.25, 0.3) is 0 Å². The second kappa shape index (κ2) is 7.16. The number of ether oxygens (including phenoxy) is 1. The number of halogens is 1. The Labute approximate surface area is 72.3 Å². The van der Waals surface area contributed by atoms with Crippen LogP contribution in [0.4, 0.5) is 0 Å². The first-order valence-electron chi connectivity index (χ1n) is 3.15. The van der Waals surface area contributed by atoms with Gasteiger partial charge in [0, 0.05) is 0 Å². The minimum Gasteiger partial charge on any atom is -0.497 e. The maximum atomic E-state index is 4.91. The molecule has 0 saturated carbocycles. The van der Waals surface area contributed by atoms with Gasteiger partial charge in [-0.05, 0) is 17.7 Å². The largest absolute Gasteiger partial charge is 0.497 e. The van der Waals surface area contributed by atoms with E-state index in [9.17, 15) is 0 Å². The highest BCUT2D eigenvalue weighted by molar-refractivity contribution is 6.25. The Bertz CT molecular complexity index is 184. The van der Waals surface area contributed by atoms with E-state index < -0.39 is 0 Å². The number of hydrogen-bond acceptors (Lipinski definition) is 1. The van der Waals surface area contributed by atoms with Crippen LogP contribution in [0.1, 0.15) is 0 Å². The highest BCUT2D eigenvalue weighted by atomic mass is 35.5. The maximum Gasteiger partial charge on any atom is 0.118 e. The van der Waals surface area contributed by atoms with Crippen molar-refractivity contribution in [2.75, 3.05) is 7.11 Å². The predicted octanol–water partition coefficient (Wildman–Crippen LogP) is 3.06. The van der Waals surface area contributed by atoms with Crippen molar-refractivity contribution in [3.63, 3.8) is 0 Å². The fourth-order valence-corrected chi connectivity index (χ4v) is 0.557. The second-order valence-electron chi connectivity index (χ2n) is 1.67. The van der Waals surface area contributed by atoms with E-state index in [1.165, 1.54) is 5.54 Å². The molecular formula is C9H11ClO. The van der Waals surface area contributed by atoms with E-state index in [4.69, 9.17) is 16.3 Å². The number of benzene rings is 1. The Morgan fingerprint density at radius 3 is 2.09 bits per heavy atom. The van der Waals surface area contributed by atoms with E-state index in [0.29, 0.717) is 0 Å². The fraction of sp³-hybridized carbons (Fsp3) is 0.111. The lowest BCUT2D eigenvalue weighted by Gasteiger charge is -1.93. The molecule has 0 saturated heterocycles. The van der Waals surface area contributed by atoms with Crippen LogP contribution in [0.5, 0.6) is 5.75 Å². The summed E-state index contributed by atoms with van der Waals surface area (Å²) in [6.45, 7) is 3.13. The zero-order valence-electron chi connectivity index (χ0n) is 6.46. The SMILES string of the molecule is C=CCl.COc1ccccc1. The molecule has 0 aromatic heterocycles. The summed E-state index contributed by atoms with van der Waals surface area (Å²) in [5.74, 6) is 0.910. The summed E-state index contributed by atoms with van der Waals surface area (Å²) in [4.78, 5) is 0. The summed E-state index contributed by atoms with van der Waals surface area (Å²) in [5.41, 5.74) is 1.22. The Hall–Kier alpha value is -0.950. The molecule has 0 amide bonds. The van der Waals surface area contributed by atoms with Crippen molar-refractivity contribution in [2.45, 2.75) is 0 Å².